The van der Waals surface area contributed by atoms with Gasteiger partial charge < -0.3 is 4.52 Å². The maximum absolute atomic E-state index is 13.0. The zero-order valence-corrected chi connectivity index (χ0v) is 14.7. The van der Waals surface area contributed by atoms with E-state index in [-0.39, 0.29) is 5.82 Å². The summed E-state index contributed by atoms with van der Waals surface area (Å²) in [6, 6.07) is 14.0. The Morgan fingerprint density at radius 1 is 1.12 bits per heavy atom. The van der Waals surface area contributed by atoms with E-state index in [0.29, 0.717) is 23.0 Å². The fourth-order valence-corrected chi connectivity index (χ4v) is 3.24. The van der Waals surface area contributed by atoms with Crippen LogP contribution in [0, 0.1) is 12.7 Å². The summed E-state index contributed by atoms with van der Waals surface area (Å²) in [4.78, 5) is 4.35. The number of thioether (sulfide) groups is 1. The normalized spacial score (nSPS) is 11.0. The molecule has 0 saturated carbocycles. The lowest BCUT2D eigenvalue weighted by atomic mass is 10.2. The molecule has 0 amide bonds. The fraction of sp³-hybridized carbons (Fsp3) is 0.111. The molecule has 8 heteroatoms. The molecule has 0 unspecified atom stereocenters. The number of benzene rings is 2. The first-order chi connectivity index (χ1) is 12.7. The molecule has 26 heavy (non-hydrogen) atoms. The first-order valence-corrected chi connectivity index (χ1v) is 8.86. The smallest absolute Gasteiger partial charge is 0.257 e. The van der Waals surface area contributed by atoms with E-state index in [4.69, 9.17) is 4.52 Å². The van der Waals surface area contributed by atoms with Crippen LogP contribution in [0.15, 0.2) is 64.5 Å². The Hall–Kier alpha value is -3.00. The molecule has 0 radical (unpaired) electrons. The minimum atomic E-state index is -0.306. The molecule has 0 bridgehead atoms. The number of nitrogens with zero attached hydrogens (tertiary/aromatic N) is 5. The molecule has 0 spiro atoms. The third kappa shape index (κ3) is 3.36. The van der Waals surface area contributed by atoms with Crippen molar-refractivity contribution >= 4 is 11.8 Å². The number of halogens is 1. The third-order valence-corrected chi connectivity index (χ3v) is 4.72. The average molecular weight is 367 g/mol. The highest BCUT2D eigenvalue weighted by molar-refractivity contribution is 7.98. The zero-order valence-electron chi connectivity index (χ0n) is 13.8. The molecular weight excluding hydrogens is 353 g/mol. The summed E-state index contributed by atoms with van der Waals surface area (Å²) < 4.78 is 20.2. The van der Waals surface area contributed by atoms with Crippen molar-refractivity contribution in [2.75, 3.05) is 0 Å². The van der Waals surface area contributed by atoms with E-state index >= 15 is 0 Å². The molecule has 0 atom stereocenters. The second-order valence-corrected chi connectivity index (χ2v) is 6.52. The lowest BCUT2D eigenvalue weighted by Crippen LogP contribution is -1.98. The predicted octanol–water partition coefficient (Wildman–Crippen LogP) is 4.06. The van der Waals surface area contributed by atoms with E-state index in [9.17, 15) is 4.39 Å². The first-order valence-electron chi connectivity index (χ1n) is 7.88. The van der Waals surface area contributed by atoms with Crippen LogP contribution in [0.4, 0.5) is 4.39 Å². The van der Waals surface area contributed by atoms with E-state index in [1.807, 2.05) is 35.8 Å². The van der Waals surface area contributed by atoms with Gasteiger partial charge in [-0.3, -0.25) is 4.57 Å². The molecule has 0 aliphatic carbocycles. The van der Waals surface area contributed by atoms with Gasteiger partial charge >= 0.3 is 0 Å². The Bertz CT molecular complexity index is 1030. The maximum atomic E-state index is 13.0. The van der Waals surface area contributed by atoms with Crippen LogP contribution in [0.5, 0.6) is 0 Å². The predicted molar refractivity (Wildman–Crippen MR) is 95.3 cm³/mol. The lowest BCUT2D eigenvalue weighted by molar-refractivity contribution is 0.425. The van der Waals surface area contributed by atoms with Crippen molar-refractivity contribution in [1.82, 2.24) is 24.9 Å². The number of hydrogen-bond acceptors (Lipinski definition) is 6. The molecule has 4 aromatic rings. The average Bonchev–Trinajstić information content (AvgIpc) is 3.30. The summed E-state index contributed by atoms with van der Waals surface area (Å²) >= 11 is 1.47. The van der Waals surface area contributed by atoms with Crippen LogP contribution in [0.3, 0.4) is 0 Å². The Kier molecular flexibility index (Phi) is 4.49. The highest BCUT2D eigenvalue weighted by atomic mass is 32.2. The Labute approximate surface area is 153 Å². The fourth-order valence-electron chi connectivity index (χ4n) is 2.47. The zero-order chi connectivity index (χ0) is 17.9. The molecule has 0 aliphatic rings. The number of hydrogen-bond donors (Lipinski definition) is 0. The maximum Gasteiger partial charge on any atom is 0.257 e. The van der Waals surface area contributed by atoms with Gasteiger partial charge in [-0.1, -0.05) is 35.1 Å². The van der Waals surface area contributed by atoms with Crippen molar-refractivity contribution < 1.29 is 8.91 Å². The molecule has 4 rings (SSSR count). The van der Waals surface area contributed by atoms with Crippen molar-refractivity contribution in [3.63, 3.8) is 0 Å². The van der Waals surface area contributed by atoms with Crippen molar-refractivity contribution in [2.45, 2.75) is 17.8 Å². The summed E-state index contributed by atoms with van der Waals surface area (Å²) in [5.41, 5.74) is 2.84. The summed E-state index contributed by atoms with van der Waals surface area (Å²) in [6.45, 7) is 2.04. The van der Waals surface area contributed by atoms with Gasteiger partial charge in [0.15, 0.2) is 11.0 Å². The quantitative estimate of drug-likeness (QED) is 0.496. The molecule has 130 valence electrons. The first kappa shape index (κ1) is 16.5. The van der Waals surface area contributed by atoms with Crippen molar-refractivity contribution in [3.8, 4) is 17.1 Å². The molecule has 0 fully saturated rings. The second kappa shape index (κ2) is 7.09. The van der Waals surface area contributed by atoms with Gasteiger partial charge in [0, 0.05) is 5.56 Å². The van der Waals surface area contributed by atoms with Gasteiger partial charge in [0.05, 0.1) is 11.4 Å². The van der Waals surface area contributed by atoms with Gasteiger partial charge in [0.25, 0.3) is 5.89 Å². The standard InChI is InChI=1S/C18H14FN5OS/c1-12-4-2-3-5-15(12)24-11-20-22-18(24)26-10-16-21-17(25-23-16)13-6-8-14(19)9-7-13/h2-9,11H,10H2,1H3. The largest absolute Gasteiger partial charge is 0.334 e. The number of aryl methyl sites for hydroxylation is 1. The molecule has 2 aromatic carbocycles. The second-order valence-electron chi connectivity index (χ2n) is 5.58. The van der Waals surface area contributed by atoms with E-state index in [1.54, 1.807) is 18.5 Å². The Balaban J connectivity index is 1.50. The van der Waals surface area contributed by atoms with Crippen LogP contribution in [0.2, 0.25) is 0 Å². The highest BCUT2D eigenvalue weighted by Gasteiger charge is 2.13. The number of rotatable bonds is 5. The van der Waals surface area contributed by atoms with Crippen molar-refractivity contribution in [2.24, 2.45) is 0 Å². The molecule has 2 aromatic heterocycles. The molecule has 0 N–H and O–H groups in total. The van der Waals surface area contributed by atoms with Gasteiger partial charge in [-0.2, -0.15) is 4.98 Å². The minimum absolute atomic E-state index is 0.306. The van der Waals surface area contributed by atoms with E-state index < -0.39 is 0 Å². The van der Waals surface area contributed by atoms with E-state index in [0.717, 1.165) is 16.4 Å². The monoisotopic (exact) mass is 367 g/mol. The number of para-hydroxylation sites is 1. The molecule has 6 nitrogen and oxygen atoms in total. The minimum Gasteiger partial charge on any atom is -0.334 e. The topological polar surface area (TPSA) is 69.6 Å². The van der Waals surface area contributed by atoms with Crippen LogP contribution >= 0.6 is 11.8 Å². The van der Waals surface area contributed by atoms with E-state index in [2.05, 4.69) is 20.3 Å². The Morgan fingerprint density at radius 3 is 2.73 bits per heavy atom. The molecule has 2 heterocycles. The molecule has 0 saturated heterocycles. The van der Waals surface area contributed by atoms with Gasteiger partial charge in [-0.25, -0.2) is 4.39 Å². The van der Waals surface area contributed by atoms with Crippen molar-refractivity contribution in [1.29, 1.82) is 0 Å². The van der Waals surface area contributed by atoms with Gasteiger partial charge in [-0.05, 0) is 42.8 Å². The van der Waals surface area contributed by atoms with Gasteiger partial charge in [-0.15, -0.1) is 10.2 Å². The van der Waals surface area contributed by atoms with Crippen molar-refractivity contribution in [3.05, 3.63) is 72.1 Å². The summed E-state index contributed by atoms with van der Waals surface area (Å²) in [6.07, 6.45) is 1.69. The Morgan fingerprint density at radius 2 is 1.92 bits per heavy atom. The van der Waals surface area contributed by atoms with Crippen LogP contribution in [0.1, 0.15) is 11.4 Å². The van der Waals surface area contributed by atoms with Crippen LogP contribution in [-0.4, -0.2) is 24.9 Å². The highest BCUT2D eigenvalue weighted by Crippen LogP contribution is 2.25. The SMILES string of the molecule is Cc1ccccc1-n1cnnc1SCc1noc(-c2ccc(F)cc2)n1. The van der Waals surface area contributed by atoms with Crippen LogP contribution in [-0.2, 0) is 5.75 Å². The third-order valence-electron chi connectivity index (χ3n) is 3.78. The van der Waals surface area contributed by atoms with Crippen LogP contribution < -0.4 is 0 Å². The lowest BCUT2D eigenvalue weighted by Gasteiger charge is -2.08. The molecule has 0 aliphatic heterocycles. The van der Waals surface area contributed by atoms with Crippen LogP contribution in [0.25, 0.3) is 17.1 Å². The van der Waals surface area contributed by atoms with Gasteiger partial charge in [0.1, 0.15) is 12.1 Å². The number of aromatic nitrogens is 5. The summed E-state index contributed by atoms with van der Waals surface area (Å²) in [5, 5.41) is 12.9. The molecular formula is C18H14FN5OS. The van der Waals surface area contributed by atoms with Gasteiger partial charge in [0.2, 0.25) is 0 Å². The summed E-state index contributed by atoms with van der Waals surface area (Å²) in [5.74, 6) is 1.07. The summed E-state index contributed by atoms with van der Waals surface area (Å²) in [7, 11) is 0. The van der Waals surface area contributed by atoms with E-state index in [1.165, 1.54) is 23.9 Å².